The lowest BCUT2D eigenvalue weighted by Crippen LogP contribution is -2.19. The highest BCUT2D eigenvalue weighted by Gasteiger charge is 2.08. The first-order valence-corrected chi connectivity index (χ1v) is 6.42. The molecule has 2 rings (SSSR count). The van der Waals surface area contributed by atoms with Gasteiger partial charge < -0.3 is 9.88 Å². The Morgan fingerprint density at radius 2 is 2.44 bits per heavy atom. The van der Waals surface area contributed by atoms with Crippen molar-refractivity contribution in [1.29, 1.82) is 0 Å². The smallest absolute Gasteiger partial charge is 0.128 e. The second-order valence-corrected chi connectivity index (χ2v) is 4.88. The van der Waals surface area contributed by atoms with Crippen LogP contribution in [0.2, 0.25) is 5.15 Å². The van der Waals surface area contributed by atoms with E-state index in [1.54, 1.807) is 17.5 Å². The van der Waals surface area contributed by atoms with E-state index in [4.69, 9.17) is 11.6 Å². The van der Waals surface area contributed by atoms with Crippen LogP contribution in [0.1, 0.15) is 24.4 Å². The van der Waals surface area contributed by atoms with Crippen LogP contribution in [0, 0.1) is 0 Å². The largest absolute Gasteiger partial charge is 0.321 e. The van der Waals surface area contributed by atoms with Gasteiger partial charge in [-0.15, -0.1) is 0 Å². The normalized spacial score (nSPS) is 12.9. The maximum absolute atomic E-state index is 5.92. The van der Waals surface area contributed by atoms with E-state index >= 15 is 0 Å². The van der Waals surface area contributed by atoms with E-state index in [0.29, 0.717) is 11.2 Å². The van der Waals surface area contributed by atoms with E-state index in [2.05, 4.69) is 34.1 Å². The number of thiophene rings is 1. The van der Waals surface area contributed by atoms with Gasteiger partial charge in [0.25, 0.3) is 0 Å². The summed E-state index contributed by atoms with van der Waals surface area (Å²) in [5.41, 5.74) is 1.31. The lowest BCUT2D eigenvalue weighted by Gasteiger charge is -2.12. The van der Waals surface area contributed by atoms with Crippen LogP contribution >= 0.6 is 22.9 Å². The molecule has 0 aliphatic heterocycles. The van der Waals surface area contributed by atoms with Crippen molar-refractivity contribution >= 4 is 22.9 Å². The van der Waals surface area contributed by atoms with Crippen LogP contribution in [0.25, 0.3) is 0 Å². The van der Waals surface area contributed by atoms with Crippen LogP contribution < -0.4 is 5.32 Å². The molecule has 2 aromatic rings. The summed E-state index contributed by atoms with van der Waals surface area (Å²) in [6, 6.07) is 2.47. The van der Waals surface area contributed by atoms with Crippen molar-refractivity contribution in [3.05, 3.63) is 39.6 Å². The lowest BCUT2D eigenvalue weighted by atomic mass is 10.2. The molecule has 0 fully saturated rings. The fourth-order valence-corrected chi connectivity index (χ4v) is 2.37. The zero-order chi connectivity index (χ0) is 11.5. The van der Waals surface area contributed by atoms with Crippen LogP contribution in [-0.4, -0.2) is 9.55 Å². The Labute approximate surface area is 104 Å². The first-order valence-electron chi connectivity index (χ1n) is 5.10. The molecule has 1 unspecified atom stereocenters. The third kappa shape index (κ3) is 2.45. The predicted molar refractivity (Wildman–Crippen MR) is 67.8 cm³/mol. The Morgan fingerprint density at radius 1 is 1.62 bits per heavy atom. The quantitative estimate of drug-likeness (QED) is 0.910. The standard InChI is InChI=1S/C11H14ClN3S/c1-8(9-3-4-16-7-9)13-6-11-14-5-10(12)15(11)2/h3-5,7-8,13H,6H2,1-2H3. The summed E-state index contributed by atoms with van der Waals surface area (Å²) in [4.78, 5) is 4.24. The molecule has 0 aliphatic carbocycles. The average molecular weight is 256 g/mol. The van der Waals surface area contributed by atoms with Gasteiger partial charge in [0.05, 0.1) is 12.7 Å². The number of nitrogens with one attached hydrogen (secondary N) is 1. The van der Waals surface area contributed by atoms with E-state index in [-0.39, 0.29) is 0 Å². The van der Waals surface area contributed by atoms with Crippen LogP contribution in [-0.2, 0) is 13.6 Å². The number of hydrogen-bond donors (Lipinski definition) is 1. The van der Waals surface area contributed by atoms with Crippen LogP contribution in [0.3, 0.4) is 0 Å². The summed E-state index contributed by atoms with van der Waals surface area (Å²) in [6.07, 6.45) is 1.67. The highest BCUT2D eigenvalue weighted by atomic mass is 35.5. The summed E-state index contributed by atoms with van der Waals surface area (Å²) in [5, 5.41) is 8.33. The van der Waals surface area contributed by atoms with Crippen molar-refractivity contribution in [2.24, 2.45) is 7.05 Å². The maximum atomic E-state index is 5.92. The number of hydrogen-bond acceptors (Lipinski definition) is 3. The Bertz CT molecular complexity index is 450. The van der Waals surface area contributed by atoms with Crippen LogP contribution in [0.15, 0.2) is 23.0 Å². The molecule has 16 heavy (non-hydrogen) atoms. The van der Waals surface area contributed by atoms with Gasteiger partial charge >= 0.3 is 0 Å². The molecule has 0 bridgehead atoms. The van der Waals surface area contributed by atoms with Gasteiger partial charge in [-0.1, -0.05) is 11.6 Å². The molecule has 0 aliphatic rings. The minimum absolute atomic E-state index is 0.335. The molecule has 3 nitrogen and oxygen atoms in total. The van der Waals surface area contributed by atoms with Gasteiger partial charge in [0.2, 0.25) is 0 Å². The first-order chi connectivity index (χ1) is 7.68. The maximum Gasteiger partial charge on any atom is 0.128 e. The molecule has 1 atom stereocenters. The summed E-state index contributed by atoms with van der Waals surface area (Å²) in [5.74, 6) is 0.951. The Balaban J connectivity index is 1.95. The average Bonchev–Trinajstić information content (AvgIpc) is 2.89. The Hall–Kier alpha value is -0.840. The molecule has 0 saturated carbocycles. The minimum atomic E-state index is 0.335. The molecular formula is C11H14ClN3S. The van der Waals surface area contributed by atoms with Crippen molar-refractivity contribution in [2.75, 3.05) is 0 Å². The van der Waals surface area contributed by atoms with Crippen LogP contribution in [0.4, 0.5) is 0 Å². The molecule has 0 spiro atoms. The fraction of sp³-hybridized carbons (Fsp3) is 0.364. The van der Waals surface area contributed by atoms with Gasteiger partial charge in [-0.2, -0.15) is 11.3 Å². The summed E-state index contributed by atoms with van der Waals surface area (Å²) in [7, 11) is 1.92. The van der Waals surface area contributed by atoms with Gasteiger partial charge in [-0.3, -0.25) is 0 Å². The molecular weight excluding hydrogens is 242 g/mol. The van der Waals surface area contributed by atoms with Crippen molar-refractivity contribution in [1.82, 2.24) is 14.9 Å². The molecule has 1 N–H and O–H groups in total. The van der Waals surface area contributed by atoms with Gasteiger partial charge in [-0.25, -0.2) is 4.98 Å². The molecule has 5 heteroatoms. The number of nitrogens with zero attached hydrogens (tertiary/aromatic N) is 2. The molecule has 0 radical (unpaired) electrons. The second kappa shape index (κ2) is 4.99. The second-order valence-electron chi connectivity index (χ2n) is 3.72. The summed E-state index contributed by atoms with van der Waals surface area (Å²) >= 11 is 7.63. The SMILES string of the molecule is CC(NCc1ncc(Cl)n1C)c1ccsc1. The Morgan fingerprint density at radius 3 is 3.00 bits per heavy atom. The van der Waals surface area contributed by atoms with Gasteiger partial charge in [0.1, 0.15) is 11.0 Å². The number of aromatic nitrogens is 2. The van der Waals surface area contributed by atoms with Crippen molar-refractivity contribution in [3.63, 3.8) is 0 Å². The fourth-order valence-electron chi connectivity index (χ4n) is 1.47. The molecule has 86 valence electrons. The topological polar surface area (TPSA) is 29.9 Å². The van der Waals surface area contributed by atoms with Gasteiger partial charge in [-0.05, 0) is 29.3 Å². The van der Waals surface area contributed by atoms with E-state index in [1.807, 2.05) is 11.6 Å². The monoisotopic (exact) mass is 255 g/mol. The van der Waals surface area contributed by atoms with Crippen molar-refractivity contribution in [2.45, 2.75) is 19.5 Å². The molecule has 2 heterocycles. The molecule has 0 aromatic carbocycles. The summed E-state index contributed by atoms with van der Waals surface area (Å²) in [6.45, 7) is 2.87. The Kier molecular flexibility index (Phi) is 3.63. The van der Waals surface area contributed by atoms with Crippen LogP contribution in [0.5, 0.6) is 0 Å². The molecule has 0 saturated heterocycles. The number of imidazole rings is 1. The highest BCUT2D eigenvalue weighted by Crippen LogP contribution is 2.16. The zero-order valence-electron chi connectivity index (χ0n) is 9.27. The van der Waals surface area contributed by atoms with Gasteiger partial charge in [0, 0.05) is 13.1 Å². The number of rotatable bonds is 4. The third-order valence-corrected chi connectivity index (χ3v) is 3.69. The third-order valence-electron chi connectivity index (χ3n) is 2.64. The first kappa shape index (κ1) is 11.6. The molecule has 2 aromatic heterocycles. The highest BCUT2D eigenvalue weighted by molar-refractivity contribution is 7.07. The van der Waals surface area contributed by atoms with E-state index in [9.17, 15) is 0 Å². The number of halogens is 1. The lowest BCUT2D eigenvalue weighted by molar-refractivity contribution is 0.550. The van der Waals surface area contributed by atoms with Crippen molar-refractivity contribution in [3.8, 4) is 0 Å². The zero-order valence-corrected chi connectivity index (χ0v) is 10.8. The van der Waals surface area contributed by atoms with Crippen molar-refractivity contribution < 1.29 is 0 Å². The summed E-state index contributed by atoms with van der Waals surface area (Å²) < 4.78 is 1.88. The van der Waals surface area contributed by atoms with E-state index in [1.165, 1.54) is 5.56 Å². The molecule has 0 amide bonds. The van der Waals surface area contributed by atoms with E-state index < -0.39 is 0 Å². The van der Waals surface area contributed by atoms with E-state index in [0.717, 1.165) is 12.4 Å². The minimum Gasteiger partial charge on any atom is -0.321 e. The predicted octanol–water partition coefficient (Wildman–Crippen LogP) is 2.99. The van der Waals surface area contributed by atoms with Gasteiger partial charge in [0.15, 0.2) is 0 Å².